The molecule has 0 rings (SSSR count). The van der Waals surface area contributed by atoms with Crippen LogP contribution < -0.4 is 0 Å². The second-order valence-corrected chi connectivity index (χ2v) is 6.85. The lowest BCUT2D eigenvalue weighted by atomic mass is 10.9. The lowest BCUT2D eigenvalue weighted by Crippen LogP contribution is -1.92. The van der Waals surface area contributed by atoms with Gasteiger partial charge in [-0.1, -0.05) is 0 Å². The molecule has 1 unspecified atom stereocenters. The molecule has 0 heterocycles. The summed E-state index contributed by atoms with van der Waals surface area (Å²) in [7, 11) is 1.59. The summed E-state index contributed by atoms with van der Waals surface area (Å²) < 4.78 is 15.5. The number of methoxy groups -OCH3 is 1. The summed E-state index contributed by atoms with van der Waals surface area (Å²) in [5, 5.41) is 0. The molecule has 0 saturated carbocycles. The topological polar surface area (TPSA) is 26.3 Å². The predicted molar refractivity (Wildman–Crippen MR) is 39.3 cm³/mol. The molecule has 2 nitrogen and oxygen atoms in total. The molecule has 0 aliphatic heterocycles. The molecule has 0 fully saturated rings. The minimum atomic E-state index is -2.11. The number of hydrogen-bond donors (Lipinski definition) is 1. The highest BCUT2D eigenvalue weighted by molar-refractivity contribution is 8.47. The minimum absolute atomic E-state index is 0.539. The lowest BCUT2D eigenvalue weighted by molar-refractivity contribution is 0.217. The van der Waals surface area contributed by atoms with E-state index in [1.165, 1.54) is 0 Å². The van der Waals surface area contributed by atoms with Crippen LogP contribution in [0.25, 0.3) is 0 Å². The number of hydrogen-bond acceptors (Lipinski definition) is 2. The van der Waals surface area contributed by atoms with Crippen LogP contribution in [0.2, 0.25) is 0 Å². The van der Waals surface area contributed by atoms with E-state index in [0.717, 1.165) is 0 Å². The van der Waals surface area contributed by atoms with Gasteiger partial charge in [0.1, 0.15) is 6.34 Å². The van der Waals surface area contributed by atoms with Gasteiger partial charge in [0.25, 0.3) is 0 Å². The lowest BCUT2D eigenvalue weighted by Gasteiger charge is -2.01. The molecule has 0 aromatic rings. The third-order valence-corrected chi connectivity index (χ3v) is 2.32. The highest BCUT2D eigenvalue weighted by atomic mass is 32.7. The first-order valence-corrected chi connectivity index (χ1v) is 5.83. The van der Waals surface area contributed by atoms with E-state index in [-0.39, 0.29) is 0 Å². The van der Waals surface area contributed by atoms with E-state index in [9.17, 15) is 4.57 Å². The average Bonchev–Trinajstić information content (AvgIpc) is 1.59. The summed E-state index contributed by atoms with van der Waals surface area (Å²) in [6.45, 7) is 2.17. The van der Waals surface area contributed by atoms with Crippen LogP contribution in [-0.2, 0) is 9.30 Å². The van der Waals surface area contributed by atoms with Gasteiger partial charge in [0.15, 0.2) is 0 Å². The number of ether oxygens (including phenoxy) is 1. The van der Waals surface area contributed by atoms with Gasteiger partial charge in [-0.2, -0.15) is 0 Å². The average molecular weight is 154 g/mol. The smallest absolute Gasteiger partial charge is 0.135 e. The number of thiol groups is 1. The van der Waals surface area contributed by atoms with Crippen LogP contribution in [0.1, 0.15) is 0 Å². The third kappa shape index (κ3) is 6.54. The fraction of sp³-hybridized carbons (Fsp3) is 1.00. The van der Waals surface area contributed by atoms with Crippen molar-refractivity contribution in [1.29, 1.82) is 0 Å². The summed E-state index contributed by atoms with van der Waals surface area (Å²) in [5.41, 5.74) is 0. The van der Waals surface area contributed by atoms with Gasteiger partial charge < -0.3 is 9.30 Å². The van der Waals surface area contributed by atoms with E-state index in [2.05, 4.69) is 12.2 Å². The standard InChI is InChI=1S/C4H11O2PS/c1-6-3-4-7(2,5)8/h3-4H2,1-2H3,(H,5,8). The van der Waals surface area contributed by atoms with Crippen molar-refractivity contribution in [3.05, 3.63) is 0 Å². The zero-order valence-electron chi connectivity index (χ0n) is 5.13. The van der Waals surface area contributed by atoms with Crippen molar-refractivity contribution in [2.75, 3.05) is 26.5 Å². The fourth-order valence-electron chi connectivity index (χ4n) is 0.261. The maximum absolute atomic E-state index is 10.8. The largest absolute Gasteiger partial charge is 0.384 e. The van der Waals surface area contributed by atoms with Gasteiger partial charge in [-0.25, -0.2) is 0 Å². The second-order valence-electron chi connectivity index (χ2n) is 1.77. The van der Waals surface area contributed by atoms with Crippen LogP contribution in [0.5, 0.6) is 0 Å². The summed E-state index contributed by atoms with van der Waals surface area (Å²) in [6, 6.07) is 0. The molecule has 0 aliphatic rings. The Morgan fingerprint density at radius 3 is 2.38 bits per heavy atom. The molecule has 0 aliphatic carbocycles. The van der Waals surface area contributed by atoms with E-state index >= 15 is 0 Å². The molecule has 0 aromatic carbocycles. The van der Waals surface area contributed by atoms with E-state index in [1.807, 2.05) is 0 Å². The summed E-state index contributed by atoms with van der Waals surface area (Å²) >= 11 is 3.86. The van der Waals surface area contributed by atoms with Crippen LogP contribution >= 0.6 is 18.6 Å². The fourth-order valence-corrected chi connectivity index (χ4v) is 1.03. The Morgan fingerprint density at radius 1 is 1.75 bits per heavy atom. The van der Waals surface area contributed by atoms with Crippen LogP contribution in [0, 0.1) is 0 Å². The maximum Gasteiger partial charge on any atom is 0.135 e. The van der Waals surface area contributed by atoms with Gasteiger partial charge in [0.05, 0.1) is 6.61 Å². The quantitative estimate of drug-likeness (QED) is 0.492. The summed E-state index contributed by atoms with van der Waals surface area (Å²) in [5.74, 6) is 0. The molecular weight excluding hydrogens is 143 g/mol. The van der Waals surface area contributed by atoms with Gasteiger partial charge >= 0.3 is 0 Å². The van der Waals surface area contributed by atoms with Crippen LogP contribution in [0.3, 0.4) is 0 Å². The van der Waals surface area contributed by atoms with Crippen molar-refractivity contribution < 1.29 is 9.30 Å². The Morgan fingerprint density at radius 2 is 2.25 bits per heavy atom. The first-order chi connectivity index (χ1) is 3.56. The second kappa shape index (κ2) is 3.54. The SMILES string of the molecule is COCCP(C)(=O)S. The molecule has 50 valence electrons. The molecular formula is C4H11O2PS. The zero-order chi connectivity index (χ0) is 6.62. The van der Waals surface area contributed by atoms with Crippen molar-refractivity contribution in [2.45, 2.75) is 0 Å². The first kappa shape index (κ1) is 8.54. The van der Waals surface area contributed by atoms with E-state index in [0.29, 0.717) is 12.8 Å². The molecule has 0 saturated heterocycles. The van der Waals surface area contributed by atoms with Gasteiger partial charge in [-0.3, -0.25) is 0 Å². The van der Waals surface area contributed by atoms with Crippen molar-refractivity contribution in [2.24, 2.45) is 0 Å². The van der Waals surface area contributed by atoms with E-state index < -0.39 is 6.34 Å². The molecule has 0 radical (unpaired) electrons. The highest BCUT2D eigenvalue weighted by Gasteiger charge is 2.05. The molecule has 4 heteroatoms. The highest BCUT2D eigenvalue weighted by Crippen LogP contribution is 2.45. The molecule has 0 spiro atoms. The normalized spacial score (nSPS) is 17.9. The van der Waals surface area contributed by atoms with Crippen molar-refractivity contribution in [3.63, 3.8) is 0 Å². The monoisotopic (exact) mass is 154 g/mol. The maximum atomic E-state index is 10.8. The van der Waals surface area contributed by atoms with Crippen molar-refractivity contribution >= 4 is 18.6 Å². The van der Waals surface area contributed by atoms with Crippen LogP contribution in [0.4, 0.5) is 0 Å². The van der Waals surface area contributed by atoms with Crippen molar-refractivity contribution in [1.82, 2.24) is 0 Å². The van der Waals surface area contributed by atoms with Gasteiger partial charge in [-0.15, -0.1) is 12.2 Å². The van der Waals surface area contributed by atoms with E-state index in [1.54, 1.807) is 13.8 Å². The Kier molecular flexibility index (Phi) is 3.78. The Bertz CT molecular complexity index is 98.2. The molecule has 0 bridgehead atoms. The Balaban J connectivity index is 3.26. The van der Waals surface area contributed by atoms with Gasteiger partial charge in [-0.05, 0) is 6.66 Å². The van der Waals surface area contributed by atoms with Crippen molar-refractivity contribution in [3.8, 4) is 0 Å². The molecule has 0 N–H and O–H groups in total. The molecule has 0 aromatic heterocycles. The third-order valence-electron chi connectivity index (χ3n) is 0.710. The Hall–Kier alpha value is 0.540. The first-order valence-electron chi connectivity index (χ1n) is 2.34. The number of rotatable bonds is 3. The molecule has 8 heavy (non-hydrogen) atoms. The molecule has 0 amide bonds. The summed E-state index contributed by atoms with van der Waals surface area (Å²) in [4.78, 5) is 0. The van der Waals surface area contributed by atoms with Crippen LogP contribution in [0.15, 0.2) is 0 Å². The van der Waals surface area contributed by atoms with E-state index in [4.69, 9.17) is 4.74 Å². The van der Waals surface area contributed by atoms with Crippen LogP contribution in [-0.4, -0.2) is 26.5 Å². The predicted octanol–water partition coefficient (Wildman–Crippen LogP) is 1.47. The minimum Gasteiger partial charge on any atom is -0.384 e. The van der Waals surface area contributed by atoms with Gasteiger partial charge in [0.2, 0.25) is 0 Å². The van der Waals surface area contributed by atoms with Gasteiger partial charge in [0, 0.05) is 13.3 Å². The summed E-state index contributed by atoms with van der Waals surface area (Å²) in [6.07, 6.45) is -1.55. The Labute approximate surface area is 55.1 Å². The molecule has 1 atom stereocenters. The zero-order valence-corrected chi connectivity index (χ0v) is 6.91.